The van der Waals surface area contributed by atoms with Gasteiger partial charge in [-0.2, -0.15) is 0 Å². The fraction of sp³-hybridized carbons (Fsp3) is 0.571. The second-order valence-corrected chi connectivity index (χ2v) is 13.3. The number of benzene rings is 1. The Hall–Kier alpha value is -3.59. The molecule has 3 fully saturated rings. The van der Waals surface area contributed by atoms with Crippen molar-refractivity contribution >= 4 is 23.7 Å². The summed E-state index contributed by atoms with van der Waals surface area (Å²) in [5.41, 5.74) is -2.54. The van der Waals surface area contributed by atoms with Gasteiger partial charge in [0.2, 0.25) is 0 Å². The van der Waals surface area contributed by atoms with Crippen molar-refractivity contribution in [2.75, 3.05) is 0 Å². The van der Waals surface area contributed by atoms with Gasteiger partial charge in [-0.1, -0.05) is 39.0 Å². The molecule has 9 nitrogen and oxygen atoms in total. The number of aromatic nitrogens is 1. The summed E-state index contributed by atoms with van der Waals surface area (Å²) in [5.74, 6) is -2.68. The predicted molar refractivity (Wildman–Crippen MR) is 161 cm³/mol. The van der Waals surface area contributed by atoms with E-state index in [0.717, 1.165) is 0 Å². The molecule has 0 N–H and O–H groups in total. The van der Waals surface area contributed by atoms with Gasteiger partial charge in [0, 0.05) is 37.2 Å². The molecule has 9 heteroatoms. The average Bonchev–Trinajstić information content (AvgIpc) is 3.27. The molecular weight excluding hydrogens is 562 g/mol. The quantitative estimate of drug-likeness (QED) is 0.200. The summed E-state index contributed by atoms with van der Waals surface area (Å²) in [5, 5.41) is 0. The molecular formula is C35H43NO8. The lowest BCUT2D eigenvalue weighted by Gasteiger charge is -2.62. The third-order valence-corrected chi connectivity index (χ3v) is 10.3. The van der Waals surface area contributed by atoms with Gasteiger partial charge in [-0.25, -0.2) is 4.79 Å². The Labute approximate surface area is 259 Å². The van der Waals surface area contributed by atoms with Gasteiger partial charge in [-0.15, -0.1) is 0 Å². The Morgan fingerprint density at radius 1 is 1.00 bits per heavy atom. The first-order chi connectivity index (χ1) is 20.9. The maximum absolute atomic E-state index is 14.2. The van der Waals surface area contributed by atoms with Crippen LogP contribution in [0.5, 0.6) is 0 Å². The van der Waals surface area contributed by atoms with Crippen molar-refractivity contribution in [3.63, 3.8) is 0 Å². The highest BCUT2D eigenvalue weighted by Crippen LogP contribution is 2.69. The maximum atomic E-state index is 14.2. The summed E-state index contributed by atoms with van der Waals surface area (Å²) in [4.78, 5) is 58.5. The van der Waals surface area contributed by atoms with Gasteiger partial charge in [0.25, 0.3) is 0 Å². The second kappa shape index (κ2) is 12.1. The molecule has 236 valence electrons. The minimum atomic E-state index is -1.38. The van der Waals surface area contributed by atoms with Crippen molar-refractivity contribution < 1.29 is 38.1 Å². The molecule has 1 saturated heterocycles. The minimum Gasteiger partial charge on any atom is -0.462 e. The number of Topliss-reactive ketones (excluding diaryl/α,β-unsaturated/α-hetero) is 1. The molecule has 44 heavy (non-hydrogen) atoms. The topological polar surface area (TPSA) is 118 Å². The number of ether oxygens (including phenoxy) is 4. The van der Waals surface area contributed by atoms with Crippen LogP contribution in [0.15, 0.2) is 54.9 Å². The van der Waals surface area contributed by atoms with Crippen LogP contribution in [0.3, 0.4) is 0 Å². The van der Waals surface area contributed by atoms with E-state index in [1.807, 2.05) is 20.8 Å². The lowest BCUT2D eigenvalue weighted by Crippen LogP contribution is -2.73. The summed E-state index contributed by atoms with van der Waals surface area (Å²) in [6.45, 7) is 11.0. The van der Waals surface area contributed by atoms with E-state index in [4.69, 9.17) is 18.9 Å². The van der Waals surface area contributed by atoms with Gasteiger partial charge in [-0.05, 0) is 69.7 Å². The van der Waals surface area contributed by atoms with Crippen molar-refractivity contribution in [3.05, 3.63) is 66.0 Å². The number of hydrogen-bond donors (Lipinski definition) is 0. The highest BCUT2D eigenvalue weighted by atomic mass is 16.6. The smallest absolute Gasteiger partial charge is 0.338 e. The molecule has 1 spiro atoms. The fourth-order valence-corrected chi connectivity index (χ4v) is 7.92. The normalized spacial score (nSPS) is 32.5. The molecule has 2 heterocycles. The van der Waals surface area contributed by atoms with E-state index in [2.05, 4.69) is 11.9 Å². The summed E-state index contributed by atoms with van der Waals surface area (Å²) in [6.07, 6.45) is 2.03. The van der Waals surface area contributed by atoms with E-state index in [1.165, 1.54) is 13.1 Å². The number of nitrogens with zero attached hydrogens (tertiary/aromatic N) is 1. The van der Waals surface area contributed by atoms with Crippen molar-refractivity contribution in [1.82, 2.24) is 4.98 Å². The minimum absolute atomic E-state index is 0.0931. The molecule has 1 aromatic heterocycles. The molecule has 3 aliphatic rings. The number of ketones is 1. The number of pyridine rings is 1. The fourth-order valence-electron chi connectivity index (χ4n) is 7.92. The van der Waals surface area contributed by atoms with Crippen molar-refractivity contribution in [1.29, 1.82) is 0 Å². The molecule has 0 radical (unpaired) electrons. The van der Waals surface area contributed by atoms with E-state index in [-0.39, 0.29) is 24.0 Å². The first-order valence-corrected chi connectivity index (χ1v) is 15.6. The van der Waals surface area contributed by atoms with Crippen LogP contribution in [-0.2, 0) is 28.5 Å². The molecule has 4 unspecified atom stereocenters. The van der Waals surface area contributed by atoms with Gasteiger partial charge in [0.15, 0.2) is 11.9 Å². The number of esters is 3. The van der Waals surface area contributed by atoms with Crippen LogP contribution in [0, 0.1) is 23.2 Å². The largest absolute Gasteiger partial charge is 0.462 e. The molecule has 1 aliphatic heterocycles. The summed E-state index contributed by atoms with van der Waals surface area (Å²) in [7, 11) is 0. The van der Waals surface area contributed by atoms with Gasteiger partial charge >= 0.3 is 17.9 Å². The Kier molecular flexibility index (Phi) is 8.73. The van der Waals surface area contributed by atoms with E-state index >= 15 is 0 Å². The zero-order chi connectivity index (χ0) is 31.9. The molecule has 2 aliphatic carbocycles. The van der Waals surface area contributed by atoms with Crippen LogP contribution in [0.2, 0.25) is 0 Å². The van der Waals surface area contributed by atoms with Gasteiger partial charge < -0.3 is 18.9 Å². The van der Waals surface area contributed by atoms with Crippen LogP contribution < -0.4 is 0 Å². The third kappa shape index (κ3) is 5.33. The summed E-state index contributed by atoms with van der Waals surface area (Å²) in [6, 6.07) is 11.9. The molecule has 1 aromatic carbocycles. The molecule has 0 amide bonds. The number of carbonyl (C=O) groups is 4. The first-order valence-electron chi connectivity index (χ1n) is 15.6. The standard InChI is InChI=1S/C35H43NO8/c1-7-21(2)31(39)42-29-26-18-35(44-33(26,5)6)22(3)15-16-28(41-23(4)37)34(35,19-27(38)25-14-11-17-36-20-25)30(29)43-32(40)24-12-9-8-10-13-24/h8-14,17,20-22,26,28-30H,7,15-16,18-19H2,1-6H3/t21?,22-,26+,28?,29?,30?,34-,35-/m0/s1. The van der Waals surface area contributed by atoms with E-state index in [0.29, 0.717) is 36.8 Å². The summed E-state index contributed by atoms with van der Waals surface area (Å²) < 4.78 is 26.0. The third-order valence-electron chi connectivity index (χ3n) is 10.3. The number of hydrogen-bond acceptors (Lipinski definition) is 9. The predicted octanol–water partition coefficient (Wildman–Crippen LogP) is 5.75. The van der Waals surface area contributed by atoms with E-state index in [1.54, 1.807) is 55.6 Å². The van der Waals surface area contributed by atoms with Crippen LogP contribution in [0.25, 0.3) is 0 Å². The van der Waals surface area contributed by atoms with Crippen molar-refractivity contribution in [3.8, 4) is 0 Å². The Morgan fingerprint density at radius 3 is 2.34 bits per heavy atom. The number of rotatable bonds is 9. The highest BCUT2D eigenvalue weighted by molar-refractivity contribution is 5.96. The SMILES string of the molecule is CCC(C)C(=O)OC1C(OC(=O)c2ccccc2)[C@]2(CC(=O)c3cccnc3)C(OC(C)=O)CC[C@H](C)[C@@]23C[C@H]1C(C)(C)O3. The van der Waals surface area contributed by atoms with Crippen LogP contribution in [0.4, 0.5) is 0 Å². The van der Waals surface area contributed by atoms with Crippen LogP contribution in [0.1, 0.15) is 94.4 Å². The van der Waals surface area contributed by atoms with Crippen LogP contribution in [-0.4, -0.2) is 58.2 Å². The van der Waals surface area contributed by atoms with Crippen LogP contribution >= 0.6 is 0 Å². The van der Waals surface area contributed by atoms with Crippen molar-refractivity contribution in [2.45, 2.75) is 103 Å². The lowest BCUT2D eigenvalue weighted by molar-refractivity contribution is -0.276. The van der Waals surface area contributed by atoms with Gasteiger partial charge in [0.1, 0.15) is 12.2 Å². The Bertz CT molecular complexity index is 1390. The first kappa shape index (κ1) is 31.8. The Balaban J connectivity index is 1.75. The zero-order valence-corrected chi connectivity index (χ0v) is 26.4. The number of carbonyl (C=O) groups excluding carboxylic acids is 4. The van der Waals surface area contributed by atoms with Gasteiger partial charge in [0.05, 0.1) is 28.1 Å². The van der Waals surface area contributed by atoms with E-state index in [9.17, 15) is 19.2 Å². The maximum Gasteiger partial charge on any atom is 0.338 e. The highest BCUT2D eigenvalue weighted by Gasteiger charge is 2.79. The zero-order valence-electron chi connectivity index (χ0n) is 26.4. The van der Waals surface area contributed by atoms with Crippen molar-refractivity contribution in [2.24, 2.45) is 23.2 Å². The summed E-state index contributed by atoms with van der Waals surface area (Å²) >= 11 is 0. The Morgan fingerprint density at radius 2 is 1.70 bits per heavy atom. The molecule has 8 atom stereocenters. The monoisotopic (exact) mass is 605 g/mol. The van der Waals surface area contributed by atoms with Gasteiger partial charge in [-0.3, -0.25) is 19.4 Å². The van der Waals surface area contributed by atoms with E-state index < -0.39 is 58.8 Å². The molecule has 2 saturated carbocycles. The lowest BCUT2D eigenvalue weighted by atomic mass is 9.47. The average molecular weight is 606 g/mol. The molecule has 5 rings (SSSR count). The second-order valence-electron chi connectivity index (χ2n) is 13.3. The molecule has 2 bridgehead atoms. The molecule has 2 aromatic rings. The number of fused-ring (bicyclic) bond motifs is 1.